The Labute approximate surface area is 125 Å². The van der Waals surface area contributed by atoms with E-state index in [4.69, 9.17) is 0 Å². The second-order valence-electron chi connectivity index (χ2n) is 7.83. The first-order valence-electron chi connectivity index (χ1n) is 8.47. The number of aliphatic hydroxyl groups is 1. The van der Waals surface area contributed by atoms with E-state index < -0.39 is 11.0 Å². The Morgan fingerprint density at radius 2 is 1.95 bits per heavy atom. The third-order valence-corrected chi connectivity index (χ3v) is 7.08. The Kier molecular flexibility index (Phi) is 2.79. The van der Waals surface area contributed by atoms with Crippen LogP contribution in [0.25, 0.3) is 0 Å². The SMILES string of the molecule is C[C@]12CC[C@H]3[C@@H](C(=O)C=C4CCCC[C@@H]43)[C@@]1(O)CCC2=O. The van der Waals surface area contributed by atoms with Crippen molar-refractivity contribution in [3.63, 3.8) is 0 Å². The number of ketones is 2. The standard InChI is InChI=1S/C18H24O3/c1-17-8-6-13-12-5-3-2-4-11(12)10-14(19)16(13)18(17,21)9-7-15(17)20/h10,12-13,16,21H,2-9H2,1H3/t12-,13+,16-,17+,18-/m0/s1. The Morgan fingerprint density at radius 3 is 2.76 bits per heavy atom. The molecule has 114 valence electrons. The topological polar surface area (TPSA) is 54.4 Å². The Balaban J connectivity index is 1.79. The number of fused-ring (bicyclic) bond motifs is 5. The summed E-state index contributed by atoms with van der Waals surface area (Å²) in [5.74, 6) is 0.660. The molecule has 0 unspecified atom stereocenters. The fourth-order valence-corrected chi connectivity index (χ4v) is 5.81. The van der Waals surface area contributed by atoms with Crippen molar-refractivity contribution < 1.29 is 14.7 Å². The van der Waals surface area contributed by atoms with Crippen molar-refractivity contribution in [2.75, 3.05) is 0 Å². The summed E-state index contributed by atoms with van der Waals surface area (Å²) in [6.07, 6.45) is 9.04. The maximum Gasteiger partial charge on any atom is 0.161 e. The number of hydrogen-bond acceptors (Lipinski definition) is 3. The van der Waals surface area contributed by atoms with Gasteiger partial charge in [0.1, 0.15) is 5.78 Å². The van der Waals surface area contributed by atoms with Crippen LogP contribution in [0.1, 0.15) is 58.3 Å². The molecule has 0 saturated heterocycles. The van der Waals surface area contributed by atoms with Crippen molar-refractivity contribution >= 4 is 11.6 Å². The highest BCUT2D eigenvalue weighted by molar-refractivity contribution is 5.98. The minimum atomic E-state index is -1.09. The second-order valence-corrected chi connectivity index (χ2v) is 7.83. The highest BCUT2D eigenvalue weighted by Crippen LogP contribution is 2.61. The maximum absolute atomic E-state index is 12.7. The van der Waals surface area contributed by atoms with Crippen molar-refractivity contribution in [3.05, 3.63) is 11.6 Å². The molecule has 3 saturated carbocycles. The van der Waals surface area contributed by atoms with Crippen LogP contribution in [0.15, 0.2) is 11.6 Å². The van der Waals surface area contributed by atoms with E-state index in [1.54, 1.807) is 0 Å². The van der Waals surface area contributed by atoms with E-state index in [2.05, 4.69) is 0 Å². The molecule has 3 heteroatoms. The van der Waals surface area contributed by atoms with Gasteiger partial charge in [0.05, 0.1) is 16.9 Å². The van der Waals surface area contributed by atoms with E-state index in [-0.39, 0.29) is 23.4 Å². The molecule has 0 radical (unpaired) electrons. The lowest BCUT2D eigenvalue weighted by Crippen LogP contribution is -2.61. The van der Waals surface area contributed by atoms with Crippen LogP contribution in [-0.2, 0) is 9.59 Å². The molecular weight excluding hydrogens is 264 g/mol. The number of allylic oxidation sites excluding steroid dienone is 2. The lowest BCUT2D eigenvalue weighted by molar-refractivity contribution is -0.172. The van der Waals surface area contributed by atoms with Gasteiger partial charge in [-0.1, -0.05) is 12.0 Å². The van der Waals surface area contributed by atoms with Crippen molar-refractivity contribution in [1.29, 1.82) is 0 Å². The van der Waals surface area contributed by atoms with Gasteiger partial charge in [-0.3, -0.25) is 9.59 Å². The molecule has 0 heterocycles. The third kappa shape index (κ3) is 1.59. The second kappa shape index (κ2) is 4.28. The Hall–Kier alpha value is -0.960. The van der Waals surface area contributed by atoms with Crippen LogP contribution < -0.4 is 0 Å². The van der Waals surface area contributed by atoms with Gasteiger partial charge >= 0.3 is 0 Å². The minimum absolute atomic E-state index is 0.0938. The van der Waals surface area contributed by atoms with Crippen LogP contribution in [0, 0.1) is 23.2 Å². The number of carbonyl (C=O) groups excluding carboxylic acids is 2. The van der Waals surface area contributed by atoms with E-state index in [0.29, 0.717) is 18.8 Å². The fourth-order valence-electron chi connectivity index (χ4n) is 5.81. The molecule has 0 amide bonds. The quantitative estimate of drug-likeness (QED) is 0.745. The summed E-state index contributed by atoms with van der Waals surface area (Å²) in [5, 5.41) is 11.3. The molecule has 0 aromatic heterocycles. The average Bonchev–Trinajstić information content (AvgIpc) is 2.71. The van der Waals surface area contributed by atoms with Gasteiger partial charge in [0.2, 0.25) is 0 Å². The van der Waals surface area contributed by atoms with E-state index in [0.717, 1.165) is 25.7 Å². The van der Waals surface area contributed by atoms with E-state index in [9.17, 15) is 14.7 Å². The molecule has 0 bridgehead atoms. The first-order chi connectivity index (χ1) is 9.97. The van der Waals surface area contributed by atoms with Gasteiger partial charge in [-0.25, -0.2) is 0 Å². The molecule has 5 atom stereocenters. The van der Waals surface area contributed by atoms with Gasteiger partial charge < -0.3 is 5.11 Å². The number of Topliss-reactive ketones (excluding diaryl/α,β-unsaturated/α-hetero) is 1. The number of hydrogen-bond donors (Lipinski definition) is 1. The highest BCUT2D eigenvalue weighted by Gasteiger charge is 2.66. The fraction of sp³-hybridized carbons (Fsp3) is 0.778. The normalized spacial score (nSPS) is 49.2. The van der Waals surface area contributed by atoms with Crippen LogP contribution in [-0.4, -0.2) is 22.3 Å². The Bertz CT molecular complexity index is 549. The average molecular weight is 288 g/mol. The van der Waals surface area contributed by atoms with Crippen LogP contribution in [0.3, 0.4) is 0 Å². The van der Waals surface area contributed by atoms with Crippen LogP contribution in [0.5, 0.6) is 0 Å². The van der Waals surface area contributed by atoms with Crippen LogP contribution >= 0.6 is 0 Å². The van der Waals surface area contributed by atoms with Gasteiger partial charge in [0.25, 0.3) is 0 Å². The summed E-state index contributed by atoms with van der Waals surface area (Å²) in [7, 11) is 0. The van der Waals surface area contributed by atoms with Gasteiger partial charge in [-0.2, -0.15) is 0 Å². The predicted molar refractivity (Wildman–Crippen MR) is 78.6 cm³/mol. The summed E-state index contributed by atoms with van der Waals surface area (Å²) >= 11 is 0. The molecule has 21 heavy (non-hydrogen) atoms. The monoisotopic (exact) mass is 288 g/mol. The van der Waals surface area contributed by atoms with Crippen molar-refractivity contribution in [1.82, 2.24) is 0 Å². The summed E-state index contributed by atoms with van der Waals surface area (Å²) in [6, 6.07) is 0. The molecule has 0 aromatic carbocycles. The van der Waals surface area contributed by atoms with Gasteiger partial charge in [0, 0.05) is 6.42 Å². The minimum Gasteiger partial charge on any atom is -0.388 e. The zero-order valence-electron chi connectivity index (χ0n) is 12.7. The largest absolute Gasteiger partial charge is 0.388 e. The van der Waals surface area contributed by atoms with Crippen molar-refractivity contribution in [2.45, 2.75) is 63.9 Å². The van der Waals surface area contributed by atoms with Crippen LogP contribution in [0.4, 0.5) is 0 Å². The van der Waals surface area contributed by atoms with Gasteiger partial charge in [-0.15, -0.1) is 0 Å². The summed E-state index contributed by atoms with van der Waals surface area (Å²) < 4.78 is 0. The molecule has 4 aliphatic rings. The molecule has 0 spiro atoms. The molecule has 0 aromatic rings. The lowest BCUT2D eigenvalue weighted by Gasteiger charge is -2.54. The summed E-state index contributed by atoms with van der Waals surface area (Å²) in [5.41, 5.74) is -0.461. The summed E-state index contributed by atoms with van der Waals surface area (Å²) in [4.78, 5) is 25.0. The first-order valence-corrected chi connectivity index (χ1v) is 8.47. The van der Waals surface area contributed by atoms with E-state index >= 15 is 0 Å². The number of rotatable bonds is 0. The maximum atomic E-state index is 12.7. The molecule has 3 fully saturated rings. The molecule has 3 nitrogen and oxygen atoms in total. The van der Waals surface area contributed by atoms with E-state index in [1.165, 1.54) is 18.4 Å². The lowest BCUT2D eigenvalue weighted by atomic mass is 9.50. The molecule has 4 rings (SSSR count). The molecular formula is C18H24O3. The highest BCUT2D eigenvalue weighted by atomic mass is 16.3. The Morgan fingerprint density at radius 1 is 1.14 bits per heavy atom. The predicted octanol–water partition coefficient (Wildman–Crippen LogP) is 2.81. The first kappa shape index (κ1) is 13.7. The zero-order valence-corrected chi connectivity index (χ0v) is 12.7. The van der Waals surface area contributed by atoms with Crippen molar-refractivity contribution in [2.24, 2.45) is 23.2 Å². The molecule has 4 aliphatic carbocycles. The van der Waals surface area contributed by atoms with E-state index in [1.807, 2.05) is 13.0 Å². The smallest absolute Gasteiger partial charge is 0.161 e. The summed E-state index contributed by atoms with van der Waals surface area (Å²) in [6.45, 7) is 1.89. The number of carbonyl (C=O) groups is 2. The third-order valence-electron chi connectivity index (χ3n) is 7.08. The van der Waals surface area contributed by atoms with Crippen molar-refractivity contribution in [3.8, 4) is 0 Å². The zero-order chi connectivity index (χ0) is 14.8. The molecule has 0 aliphatic heterocycles. The van der Waals surface area contributed by atoms with Crippen LogP contribution in [0.2, 0.25) is 0 Å². The molecule has 1 N–H and O–H groups in total. The van der Waals surface area contributed by atoms with Gasteiger partial charge in [0.15, 0.2) is 5.78 Å². The van der Waals surface area contributed by atoms with Gasteiger partial charge in [-0.05, 0) is 63.4 Å².